The number of hydrogen-bond acceptors (Lipinski definition) is 6. The lowest BCUT2D eigenvalue weighted by molar-refractivity contribution is 0.127. The van der Waals surface area contributed by atoms with Gasteiger partial charge in [-0.3, -0.25) is 0 Å². The average molecular weight is 387 g/mol. The van der Waals surface area contributed by atoms with E-state index in [1.165, 1.54) is 4.57 Å². The second-order valence-corrected chi connectivity index (χ2v) is 6.26. The summed E-state index contributed by atoms with van der Waals surface area (Å²) in [5, 5.41) is 7.48. The van der Waals surface area contributed by atoms with Gasteiger partial charge in [-0.1, -0.05) is 0 Å². The monoisotopic (exact) mass is 387 g/mol. The number of alkyl halides is 2. The van der Waals surface area contributed by atoms with E-state index in [9.17, 15) is 8.78 Å². The maximum atomic E-state index is 12.9. The number of halogens is 2. The predicted molar refractivity (Wildman–Crippen MR) is 101 cm³/mol. The highest BCUT2D eigenvalue weighted by molar-refractivity contribution is 5.82. The summed E-state index contributed by atoms with van der Waals surface area (Å²) < 4.78 is 34.0. The number of aromatic nitrogens is 6. The minimum absolute atomic E-state index is 0.436. The first kappa shape index (κ1) is 18.2. The lowest BCUT2D eigenvalue weighted by Crippen LogP contribution is -2.11. The van der Waals surface area contributed by atoms with Gasteiger partial charge in [-0.05, 0) is 25.1 Å². The van der Waals surface area contributed by atoms with Crippen LogP contribution in [0.1, 0.15) is 5.82 Å². The van der Waals surface area contributed by atoms with Crippen LogP contribution in [0, 0.1) is 6.92 Å². The molecule has 0 aliphatic rings. The summed E-state index contributed by atoms with van der Waals surface area (Å²) in [6, 6.07) is 5.48. The van der Waals surface area contributed by atoms with Crippen molar-refractivity contribution in [3.05, 3.63) is 36.4 Å². The number of pyridine rings is 1. The molecule has 4 aromatic rings. The maximum Gasteiger partial charge on any atom is 0.256 e. The first-order chi connectivity index (χ1) is 13.6. The number of ether oxygens (including phenoxy) is 1. The van der Waals surface area contributed by atoms with E-state index in [0.29, 0.717) is 41.8 Å². The molecule has 10 heteroatoms. The Balaban J connectivity index is 1.72. The number of nitrogens with zero attached hydrogens (tertiary/aromatic N) is 6. The van der Waals surface area contributed by atoms with Crippen LogP contribution < -0.4 is 5.32 Å². The molecule has 4 heterocycles. The van der Waals surface area contributed by atoms with Gasteiger partial charge in [-0.2, -0.15) is 0 Å². The Labute approximate surface area is 159 Å². The highest BCUT2D eigenvalue weighted by Gasteiger charge is 2.16. The molecule has 0 fully saturated rings. The molecule has 0 aliphatic carbocycles. The third kappa shape index (κ3) is 3.38. The standard InChI is InChI=1S/C18H19F2N7O/c1-11-23-14-4-3-13(24-17(14)26(11)10-16(19)20)12-5-7-27-15(12)9-22-18(25-27)21-6-8-28-2/h3-5,7,9,16H,6,8,10H2,1-2H3,(H,21,25). The van der Waals surface area contributed by atoms with E-state index in [-0.39, 0.29) is 0 Å². The van der Waals surface area contributed by atoms with Gasteiger partial charge in [0.25, 0.3) is 6.43 Å². The Morgan fingerprint density at radius 3 is 2.86 bits per heavy atom. The summed E-state index contributed by atoms with van der Waals surface area (Å²) in [6.07, 6.45) is 1.03. The van der Waals surface area contributed by atoms with Gasteiger partial charge in [-0.25, -0.2) is 28.2 Å². The van der Waals surface area contributed by atoms with Gasteiger partial charge >= 0.3 is 0 Å². The van der Waals surface area contributed by atoms with E-state index in [0.717, 1.165) is 11.1 Å². The number of hydrogen-bond donors (Lipinski definition) is 1. The number of fused-ring (bicyclic) bond motifs is 2. The molecule has 0 radical (unpaired) electrons. The van der Waals surface area contributed by atoms with Crippen LogP contribution in [0.2, 0.25) is 0 Å². The van der Waals surface area contributed by atoms with Gasteiger partial charge in [-0.15, -0.1) is 5.10 Å². The fourth-order valence-electron chi connectivity index (χ4n) is 3.08. The van der Waals surface area contributed by atoms with Crippen LogP contribution in [0.5, 0.6) is 0 Å². The normalized spacial score (nSPS) is 11.8. The topological polar surface area (TPSA) is 82.2 Å². The molecule has 1 N–H and O–H groups in total. The lowest BCUT2D eigenvalue weighted by Gasteiger charge is -2.06. The van der Waals surface area contributed by atoms with E-state index in [1.54, 1.807) is 37.0 Å². The summed E-state index contributed by atoms with van der Waals surface area (Å²) >= 11 is 0. The summed E-state index contributed by atoms with van der Waals surface area (Å²) in [5.41, 5.74) is 3.25. The molecule has 0 atom stereocenters. The molecule has 0 aliphatic heterocycles. The van der Waals surface area contributed by atoms with Crippen LogP contribution in [0.25, 0.3) is 27.9 Å². The molecule has 28 heavy (non-hydrogen) atoms. The maximum absolute atomic E-state index is 12.9. The van der Waals surface area contributed by atoms with E-state index < -0.39 is 13.0 Å². The molecule has 0 amide bonds. The van der Waals surface area contributed by atoms with E-state index >= 15 is 0 Å². The zero-order chi connectivity index (χ0) is 19.7. The summed E-state index contributed by atoms with van der Waals surface area (Å²) in [5.74, 6) is 0.998. The number of imidazole rings is 1. The second-order valence-electron chi connectivity index (χ2n) is 6.26. The van der Waals surface area contributed by atoms with Crippen molar-refractivity contribution in [1.82, 2.24) is 29.1 Å². The Morgan fingerprint density at radius 2 is 2.07 bits per heavy atom. The molecule has 0 saturated carbocycles. The van der Waals surface area contributed by atoms with Crippen molar-refractivity contribution < 1.29 is 13.5 Å². The van der Waals surface area contributed by atoms with Crippen LogP contribution in [-0.2, 0) is 11.3 Å². The Kier molecular flexibility index (Phi) is 4.86. The molecule has 146 valence electrons. The number of nitrogens with one attached hydrogen (secondary N) is 1. The summed E-state index contributed by atoms with van der Waals surface area (Å²) in [6.45, 7) is 2.41. The van der Waals surface area contributed by atoms with Crippen molar-refractivity contribution in [2.24, 2.45) is 0 Å². The first-order valence-corrected chi connectivity index (χ1v) is 8.76. The smallest absolute Gasteiger partial charge is 0.256 e. The molecule has 4 aromatic heterocycles. The minimum atomic E-state index is -2.48. The van der Waals surface area contributed by atoms with Gasteiger partial charge in [0, 0.05) is 25.4 Å². The van der Waals surface area contributed by atoms with Crippen molar-refractivity contribution in [2.45, 2.75) is 19.9 Å². The molecule has 0 spiro atoms. The van der Waals surface area contributed by atoms with Gasteiger partial charge in [0.15, 0.2) is 5.65 Å². The number of rotatable bonds is 7. The van der Waals surface area contributed by atoms with E-state index in [4.69, 9.17) is 4.74 Å². The zero-order valence-corrected chi connectivity index (χ0v) is 15.4. The SMILES string of the molecule is COCCNc1ncc2c(-c3ccc4nc(C)n(CC(F)F)c4n3)ccn2n1. The fraction of sp³-hybridized carbons (Fsp3) is 0.333. The van der Waals surface area contributed by atoms with Crippen LogP contribution in [0.3, 0.4) is 0 Å². The third-order valence-electron chi connectivity index (χ3n) is 4.39. The molecular weight excluding hydrogens is 368 g/mol. The van der Waals surface area contributed by atoms with Crippen LogP contribution >= 0.6 is 0 Å². The fourth-order valence-corrected chi connectivity index (χ4v) is 3.08. The van der Waals surface area contributed by atoms with Gasteiger partial charge in [0.05, 0.1) is 30.6 Å². The summed E-state index contributed by atoms with van der Waals surface area (Å²) in [4.78, 5) is 13.2. The Bertz CT molecular complexity index is 1120. The molecular formula is C18H19F2N7O. The molecule has 0 aromatic carbocycles. The Morgan fingerprint density at radius 1 is 1.21 bits per heavy atom. The zero-order valence-electron chi connectivity index (χ0n) is 15.4. The molecule has 0 bridgehead atoms. The highest BCUT2D eigenvalue weighted by Crippen LogP contribution is 2.26. The van der Waals surface area contributed by atoms with E-state index in [2.05, 4.69) is 25.4 Å². The van der Waals surface area contributed by atoms with E-state index in [1.807, 2.05) is 12.1 Å². The van der Waals surface area contributed by atoms with Crippen molar-refractivity contribution >= 4 is 22.6 Å². The minimum Gasteiger partial charge on any atom is -0.383 e. The molecule has 0 unspecified atom stereocenters. The van der Waals surface area contributed by atoms with Crippen molar-refractivity contribution in [2.75, 3.05) is 25.6 Å². The third-order valence-corrected chi connectivity index (χ3v) is 4.39. The average Bonchev–Trinajstić information content (AvgIpc) is 3.22. The molecule has 4 rings (SSSR count). The largest absolute Gasteiger partial charge is 0.383 e. The van der Waals surface area contributed by atoms with Gasteiger partial charge in [0.1, 0.15) is 11.3 Å². The Hall–Kier alpha value is -3.14. The molecule has 0 saturated heterocycles. The number of aryl methyl sites for hydroxylation is 1. The summed E-state index contributed by atoms with van der Waals surface area (Å²) in [7, 11) is 1.63. The van der Waals surface area contributed by atoms with Crippen LogP contribution in [0.4, 0.5) is 14.7 Å². The number of methoxy groups -OCH3 is 1. The van der Waals surface area contributed by atoms with Crippen LogP contribution in [0.15, 0.2) is 30.6 Å². The van der Waals surface area contributed by atoms with Crippen LogP contribution in [-0.4, -0.2) is 55.8 Å². The van der Waals surface area contributed by atoms with Crippen molar-refractivity contribution in [1.29, 1.82) is 0 Å². The van der Waals surface area contributed by atoms with Crippen molar-refractivity contribution in [3.63, 3.8) is 0 Å². The lowest BCUT2D eigenvalue weighted by atomic mass is 10.2. The number of anilines is 1. The van der Waals surface area contributed by atoms with Gasteiger partial charge < -0.3 is 14.6 Å². The van der Waals surface area contributed by atoms with Crippen molar-refractivity contribution in [3.8, 4) is 11.3 Å². The molecule has 8 nitrogen and oxygen atoms in total. The highest BCUT2D eigenvalue weighted by atomic mass is 19.3. The van der Waals surface area contributed by atoms with Gasteiger partial charge in [0.2, 0.25) is 5.95 Å². The second kappa shape index (κ2) is 7.47. The first-order valence-electron chi connectivity index (χ1n) is 8.76. The predicted octanol–water partition coefficient (Wildman–Crippen LogP) is 2.77. The quantitative estimate of drug-likeness (QED) is 0.491.